The van der Waals surface area contributed by atoms with Crippen LogP contribution in [-0.2, 0) is 6.42 Å². The summed E-state index contributed by atoms with van der Waals surface area (Å²) in [5, 5.41) is 17.2. The summed E-state index contributed by atoms with van der Waals surface area (Å²) in [5.41, 5.74) is 2.00. The number of aliphatic hydroxyl groups is 1. The van der Waals surface area contributed by atoms with Gasteiger partial charge in [-0.2, -0.15) is 0 Å². The van der Waals surface area contributed by atoms with Crippen molar-refractivity contribution < 1.29 is 9.84 Å². The van der Waals surface area contributed by atoms with E-state index in [1.54, 1.807) is 0 Å². The Bertz CT molecular complexity index is 796. The second-order valence-corrected chi connectivity index (χ2v) is 7.86. The fourth-order valence-electron chi connectivity index (χ4n) is 3.56. The summed E-state index contributed by atoms with van der Waals surface area (Å²) in [7, 11) is 0. The van der Waals surface area contributed by atoms with Crippen LogP contribution in [-0.4, -0.2) is 35.9 Å². The molecular formula is C23H32IN3O2. The summed E-state index contributed by atoms with van der Waals surface area (Å²) in [5.74, 6) is 1.63. The lowest BCUT2D eigenvalue weighted by atomic mass is 9.90. The molecule has 29 heavy (non-hydrogen) atoms. The van der Waals surface area contributed by atoms with E-state index in [1.807, 2.05) is 55.5 Å². The summed E-state index contributed by atoms with van der Waals surface area (Å²) in [6.45, 7) is 7.35. The van der Waals surface area contributed by atoms with E-state index >= 15 is 0 Å². The van der Waals surface area contributed by atoms with Gasteiger partial charge in [0.05, 0.1) is 18.7 Å². The molecule has 0 amide bonds. The number of rotatable bonds is 6. The van der Waals surface area contributed by atoms with Crippen molar-refractivity contribution in [2.45, 2.75) is 51.4 Å². The highest BCUT2D eigenvalue weighted by atomic mass is 127. The molecule has 3 N–H and O–H groups in total. The van der Waals surface area contributed by atoms with Crippen molar-refractivity contribution in [1.29, 1.82) is 0 Å². The maximum atomic E-state index is 10.4. The number of ether oxygens (including phenoxy) is 1. The van der Waals surface area contributed by atoms with E-state index in [9.17, 15) is 5.11 Å². The number of nitrogens with zero attached hydrogens (tertiary/aromatic N) is 1. The molecule has 1 aliphatic rings. The fraction of sp³-hybridized carbons (Fsp3) is 0.435. The smallest absolute Gasteiger partial charge is 0.191 e. The zero-order valence-corrected chi connectivity index (χ0v) is 19.7. The third-order valence-electron chi connectivity index (χ3n) is 4.81. The summed E-state index contributed by atoms with van der Waals surface area (Å²) < 4.78 is 6.12. The van der Waals surface area contributed by atoms with Gasteiger partial charge in [-0.3, -0.25) is 4.99 Å². The van der Waals surface area contributed by atoms with Gasteiger partial charge in [-0.25, -0.2) is 0 Å². The van der Waals surface area contributed by atoms with Crippen LogP contribution in [0.15, 0.2) is 59.6 Å². The van der Waals surface area contributed by atoms with Crippen molar-refractivity contribution >= 4 is 29.9 Å². The third-order valence-corrected chi connectivity index (χ3v) is 4.81. The van der Waals surface area contributed by atoms with Gasteiger partial charge in [0.1, 0.15) is 11.4 Å². The van der Waals surface area contributed by atoms with Crippen LogP contribution in [0.2, 0.25) is 0 Å². The number of hydrogen-bond acceptors (Lipinski definition) is 3. The molecule has 0 radical (unpaired) electrons. The van der Waals surface area contributed by atoms with Crippen LogP contribution in [0, 0.1) is 0 Å². The first-order valence-electron chi connectivity index (χ1n) is 10.0. The average Bonchev–Trinajstić information content (AvgIpc) is 2.66. The standard InChI is InChI=1S/C23H31N3O2.HI/c1-4-24-22(25-16-18(27)14-17-10-6-5-7-11-17)26-20-15-23(2,3)28-21-13-9-8-12-19(20)21;/h5-13,18,20,27H,4,14-16H2,1-3H3,(H2,24,25,26);1H. The molecule has 2 atom stereocenters. The van der Waals surface area contributed by atoms with Crippen molar-refractivity contribution in [3.05, 3.63) is 65.7 Å². The van der Waals surface area contributed by atoms with Crippen LogP contribution in [0.5, 0.6) is 5.75 Å². The quantitative estimate of drug-likeness (QED) is 0.312. The fourth-order valence-corrected chi connectivity index (χ4v) is 3.56. The lowest BCUT2D eigenvalue weighted by molar-refractivity contribution is 0.0693. The maximum Gasteiger partial charge on any atom is 0.191 e. The summed E-state index contributed by atoms with van der Waals surface area (Å²) in [4.78, 5) is 4.63. The molecule has 3 rings (SSSR count). The summed E-state index contributed by atoms with van der Waals surface area (Å²) >= 11 is 0. The van der Waals surface area contributed by atoms with Crippen LogP contribution < -0.4 is 15.4 Å². The number of guanidine groups is 1. The van der Waals surface area contributed by atoms with E-state index in [0.717, 1.165) is 29.8 Å². The van der Waals surface area contributed by atoms with Crippen molar-refractivity contribution in [3.63, 3.8) is 0 Å². The first kappa shape index (κ1) is 23.5. The Morgan fingerprint density at radius 2 is 1.86 bits per heavy atom. The Morgan fingerprint density at radius 3 is 2.59 bits per heavy atom. The minimum Gasteiger partial charge on any atom is -0.487 e. The van der Waals surface area contributed by atoms with Gasteiger partial charge in [-0.1, -0.05) is 48.5 Å². The topological polar surface area (TPSA) is 65.9 Å². The molecule has 1 heterocycles. The van der Waals surface area contributed by atoms with Gasteiger partial charge in [0.15, 0.2) is 5.96 Å². The number of hydrogen-bond donors (Lipinski definition) is 3. The molecule has 2 aromatic rings. The van der Waals surface area contributed by atoms with Crippen molar-refractivity contribution in [1.82, 2.24) is 10.6 Å². The molecule has 6 heteroatoms. The van der Waals surface area contributed by atoms with Gasteiger partial charge in [0.25, 0.3) is 0 Å². The Kier molecular flexibility index (Phi) is 8.77. The highest BCUT2D eigenvalue weighted by molar-refractivity contribution is 14.0. The molecule has 0 saturated heterocycles. The minimum atomic E-state index is -0.517. The molecular weight excluding hydrogens is 477 g/mol. The predicted octanol–water partition coefficient (Wildman–Crippen LogP) is 4.07. The molecule has 2 unspecified atom stereocenters. The molecule has 0 aliphatic carbocycles. The number of halogens is 1. The first-order chi connectivity index (χ1) is 13.5. The van der Waals surface area contributed by atoms with E-state index in [4.69, 9.17) is 4.74 Å². The first-order valence-corrected chi connectivity index (χ1v) is 10.0. The molecule has 0 spiro atoms. The van der Waals surface area contributed by atoms with Crippen LogP contribution in [0.4, 0.5) is 0 Å². The molecule has 0 saturated carbocycles. The maximum absolute atomic E-state index is 10.4. The second kappa shape index (κ2) is 10.8. The monoisotopic (exact) mass is 509 g/mol. The van der Waals surface area contributed by atoms with E-state index in [0.29, 0.717) is 18.9 Å². The highest BCUT2D eigenvalue weighted by Crippen LogP contribution is 2.39. The summed E-state index contributed by atoms with van der Waals surface area (Å²) in [6.07, 6.45) is 0.911. The number of aliphatic hydroxyl groups excluding tert-OH is 1. The molecule has 158 valence electrons. The largest absolute Gasteiger partial charge is 0.487 e. The Balaban J connectivity index is 0.00000300. The van der Waals surface area contributed by atoms with Crippen LogP contribution in [0.25, 0.3) is 0 Å². The normalized spacial score (nSPS) is 18.6. The van der Waals surface area contributed by atoms with E-state index < -0.39 is 6.10 Å². The Labute approximate surface area is 191 Å². The average molecular weight is 509 g/mol. The molecule has 0 aromatic heterocycles. The molecule has 1 aliphatic heterocycles. The van der Waals surface area contributed by atoms with Gasteiger partial charge in [-0.05, 0) is 32.4 Å². The minimum absolute atomic E-state index is 0. The number of aliphatic imine (C=N–C) groups is 1. The molecule has 0 bridgehead atoms. The van der Waals surface area contributed by atoms with Gasteiger partial charge in [0.2, 0.25) is 0 Å². The predicted molar refractivity (Wildman–Crippen MR) is 129 cm³/mol. The van der Waals surface area contributed by atoms with Gasteiger partial charge in [-0.15, -0.1) is 24.0 Å². The lowest BCUT2D eigenvalue weighted by Crippen LogP contribution is -2.45. The summed E-state index contributed by atoms with van der Waals surface area (Å²) in [6, 6.07) is 18.2. The number of nitrogens with one attached hydrogen (secondary N) is 2. The highest BCUT2D eigenvalue weighted by Gasteiger charge is 2.33. The van der Waals surface area contributed by atoms with Crippen molar-refractivity contribution in [3.8, 4) is 5.75 Å². The SMILES string of the molecule is CCNC(=NCC(O)Cc1ccccc1)NC1CC(C)(C)Oc2ccccc21.I. The third kappa shape index (κ3) is 6.89. The Hall–Kier alpha value is -1.80. The number of benzene rings is 2. The van der Waals surface area contributed by atoms with Gasteiger partial charge in [0, 0.05) is 24.9 Å². The van der Waals surface area contributed by atoms with E-state index in [2.05, 4.69) is 35.5 Å². The zero-order chi connectivity index (χ0) is 20.0. The van der Waals surface area contributed by atoms with Crippen molar-refractivity contribution in [2.24, 2.45) is 4.99 Å². The zero-order valence-electron chi connectivity index (χ0n) is 17.4. The molecule has 5 nitrogen and oxygen atoms in total. The Morgan fingerprint density at radius 1 is 1.17 bits per heavy atom. The molecule has 2 aromatic carbocycles. The van der Waals surface area contributed by atoms with E-state index in [1.165, 1.54) is 0 Å². The van der Waals surface area contributed by atoms with Crippen molar-refractivity contribution in [2.75, 3.05) is 13.1 Å². The van der Waals surface area contributed by atoms with E-state index in [-0.39, 0.29) is 35.6 Å². The number of fused-ring (bicyclic) bond motifs is 1. The van der Waals surface area contributed by atoms with Crippen LogP contribution in [0.1, 0.15) is 44.4 Å². The van der Waals surface area contributed by atoms with Gasteiger partial charge >= 0.3 is 0 Å². The molecule has 0 fully saturated rings. The second-order valence-electron chi connectivity index (χ2n) is 7.86. The van der Waals surface area contributed by atoms with Gasteiger partial charge < -0.3 is 20.5 Å². The van der Waals surface area contributed by atoms with Crippen LogP contribution in [0.3, 0.4) is 0 Å². The lowest BCUT2D eigenvalue weighted by Gasteiger charge is -2.38. The number of para-hydroxylation sites is 1. The van der Waals surface area contributed by atoms with Crippen LogP contribution >= 0.6 is 24.0 Å².